The van der Waals surface area contributed by atoms with Crippen LogP contribution in [-0.4, -0.2) is 27.4 Å². The molecule has 3 unspecified atom stereocenters. The van der Waals surface area contributed by atoms with Gasteiger partial charge in [-0.25, -0.2) is 9.97 Å². The molecule has 23 heavy (non-hydrogen) atoms. The van der Waals surface area contributed by atoms with Crippen molar-refractivity contribution in [2.45, 2.75) is 64.9 Å². The third kappa shape index (κ3) is 3.59. The Hall–Kier alpha value is -0.980. The Morgan fingerprint density at radius 2 is 2.26 bits per heavy atom. The van der Waals surface area contributed by atoms with Crippen molar-refractivity contribution in [3.8, 4) is 0 Å². The van der Waals surface area contributed by atoms with E-state index in [4.69, 9.17) is 14.5 Å². The summed E-state index contributed by atoms with van der Waals surface area (Å²) in [6, 6.07) is 2.38. The molecule has 3 atom stereocenters. The predicted molar refractivity (Wildman–Crippen MR) is 93.3 cm³/mol. The summed E-state index contributed by atoms with van der Waals surface area (Å²) in [5.41, 5.74) is 2.00. The lowest BCUT2D eigenvalue weighted by Crippen LogP contribution is -2.25. The zero-order valence-electron chi connectivity index (χ0n) is 14.0. The second kappa shape index (κ2) is 7.28. The molecule has 0 amide bonds. The van der Waals surface area contributed by atoms with E-state index in [-0.39, 0.29) is 12.4 Å². The van der Waals surface area contributed by atoms with Gasteiger partial charge in [0.15, 0.2) is 6.29 Å². The normalized spacial score (nSPS) is 21.5. The molecule has 1 aliphatic rings. The molecular weight excluding hydrogens is 358 g/mol. The highest BCUT2D eigenvalue weighted by Crippen LogP contribution is 2.30. The third-order valence-corrected chi connectivity index (χ3v) is 4.89. The van der Waals surface area contributed by atoms with E-state index in [1.165, 1.54) is 0 Å². The smallest absolute Gasteiger partial charge is 0.158 e. The van der Waals surface area contributed by atoms with E-state index in [2.05, 4.69) is 46.3 Å². The van der Waals surface area contributed by atoms with Crippen molar-refractivity contribution in [2.75, 3.05) is 6.61 Å². The maximum Gasteiger partial charge on any atom is 0.158 e. The standard InChI is InChI=1S/C17H24BrN3O2/c1-4-11(2)21-14-9-15(18)19-10-13(14)20-17(21)12(3)23-16-7-5-6-8-22-16/h9-12,16H,4-8H2,1-3H3. The molecule has 1 fully saturated rings. The lowest BCUT2D eigenvalue weighted by molar-refractivity contribution is -0.188. The van der Waals surface area contributed by atoms with Gasteiger partial charge in [0.25, 0.3) is 0 Å². The summed E-state index contributed by atoms with van der Waals surface area (Å²) in [4.78, 5) is 9.08. The van der Waals surface area contributed by atoms with Gasteiger partial charge in [0.05, 0.1) is 11.7 Å². The Balaban J connectivity index is 1.94. The van der Waals surface area contributed by atoms with Gasteiger partial charge in [-0.15, -0.1) is 0 Å². The van der Waals surface area contributed by atoms with Gasteiger partial charge in [-0.2, -0.15) is 0 Å². The molecule has 0 bridgehead atoms. The zero-order valence-corrected chi connectivity index (χ0v) is 15.5. The first-order valence-electron chi connectivity index (χ1n) is 8.40. The summed E-state index contributed by atoms with van der Waals surface area (Å²) in [5, 5.41) is 0. The first-order chi connectivity index (χ1) is 11.1. The van der Waals surface area contributed by atoms with Crippen molar-refractivity contribution in [3.63, 3.8) is 0 Å². The number of hydrogen-bond acceptors (Lipinski definition) is 4. The zero-order chi connectivity index (χ0) is 16.4. The number of hydrogen-bond donors (Lipinski definition) is 0. The molecule has 0 radical (unpaired) electrons. The lowest BCUT2D eigenvalue weighted by atomic mass is 10.2. The minimum atomic E-state index is -0.117. The maximum atomic E-state index is 6.13. The van der Waals surface area contributed by atoms with Crippen molar-refractivity contribution < 1.29 is 9.47 Å². The van der Waals surface area contributed by atoms with E-state index in [9.17, 15) is 0 Å². The number of pyridine rings is 1. The monoisotopic (exact) mass is 381 g/mol. The Bertz CT molecular complexity index is 667. The van der Waals surface area contributed by atoms with Crippen molar-refractivity contribution in [2.24, 2.45) is 0 Å². The van der Waals surface area contributed by atoms with E-state index in [1.54, 1.807) is 0 Å². The summed E-state index contributed by atoms with van der Waals surface area (Å²) >= 11 is 3.46. The van der Waals surface area contributed by atoms with E-state index in [0.29, 0.717) is 6.04 Å². The molecule has 3 rings (SSSR count). The molecule has 2 aromatic rings. The summed E-state index contributed by atoms with van der Waals surface area (Å²) in [6.45, 7) is 7.24. The predicted octanol–water partition coefficient (Wildman–Crippen LogP) is 4.77. The Morgan fingerprint density at radius 1 is 1.43 bits per heavy atom. The largest absolute Gasteiger partial charge is 0.353 e. The van der Waals surface area contributed by atoms with Gasteiger partial charge in [0.2, 0.25) is 0 Å². The van der Waals surface area contributed by atoms with E-state index in [0.717, 1.165) is 53.8 Å². The highest BCUT2D eigenvalue weighted by Gasteiger charge is 2.24. The molecule has 0 aliphatic carbocycles. The SMILES string of the molecule is CCC(C)n1c(C(C)OC2CCCCO2)nc2cnc(Br)cc21. The average Bonchev–Trinajstić information content (AvgIpc) is 2.93. The fraction of sp³-hybridized carbons (Fsp3) is 0.647. The van der Waals surface area contributed by atoms with Crippen molar-refractivity contribution in [1.29, 1.82) is 0 Å². The Kier molecular flexibility index (Phi) is 5.34. The highest BCUT2D eigenvalue weighted by atomic mass is 79.9. The van der Waals surface area contributed by atoms with Crippen LogP contribution >= 0.6 is 15.9 Å². The molecule has 0 aromatic carbocycles. The molecule has 126 valence electrons. The van der Waals surface area contributed by atoms with Crippen LogP contribution in [0.2, 0.25) is 0 Å². The van der Waals surface area contributed by atoms with Crippen molar-refractivity contribution in [3.05, 3.63) is 22.7 Å². The first kappa shape index (κ1) is 16.9. The van der Waals surface area contributed by atoms with Crippen LogP contribution in [0.15, 0.2) is 16.9 Å². The fourth-order valence-electron chi connectivity index (χ4n) is 3.03. The molecule has 2 aromatic heterocycles. The van der Waals surface area contributed by atoms with E-state index in [1.807, 2.05) is 12.3 Å². The summed E-state index contributed by atoms with van der Waals surface area (Å²) in [6.07, 6.45) is 5.86. The van der Waals surface area contributed by atoms with Crippen LogP contribution in [0.4, 0.5) is 0 Å². The molecule has 0 N–H and O–H groups in total. The number of halogens is 1. The molecular formula is C17H24BrN3O2. The number of rotatable bonds is 5. The molecule has 1 saturated heterocycles. The van der Waals surface area contributed by atoms with Crippen LogP contribution in [-0.2, 0) is 9.47 Å². The van der Waals surface area contributed by atoms with Crippen LogP contribution < -0.4 is 0 Å². The fourth-order valence-corrected chi connectivity index (χ4v) is 3.35. The molecule has 6 heteroatoms. The quantitative estimate of drug-likeness (QED) is 0.699. The van der Waals surface area contributed by atoms with Crippen LogP contribution in [0.5, 0.6) is 0 Å². The second-order valence-electron chi connectivity index (χ2n) is 6.17. The van der Waals surface area contributed by atoms with Crippen LogP contribution in [0.3, 0.4) is 0 Å². The van der Waals surface area contributed by atoms with Crippen LogP contribution in [0.25, 0.3) is 11.0 Å². The van der Waals surface area contributed by atoms with E-state index < -0.39 is 0 Å². The molecule has 1 aliphatic heterocycles. The number of imidazole rings is 1. The number of ether oxygens (including phenoxy) is 2. The van der Waals surface area contributed by atoms with Gasteiger partial charge in [0.1, 0.15) is 22.0 Å². The number of nitrogens with zero attached hydrogens (tertiary/aromatic N) is 3. The van der Waals surface area contributed by atoms with Gasteiger partial charge in [-0.05, 0) is 61.5 Å². The van der Waals surface area contributed by atoms with Gasteiger partial charge in [-0.3, -0.25) is 0 Å². The minimum absolute atomic E-state index is 0.113. The molecule has 3 heterocycles. The van der Waals surface area contributed by atoms with Gasteiger partial charge >= 0.3 is 0 Å². The molecule has 5 nitrogen and oxygen atoms in total. The van der Waals surface area contributed by atoms with Gasteiger partial charge < -0.3 is 14.0 Å². The van der Waals surface area contributed by atoms with Crippen LogP contribution in [0, 0.1) is 0 Å². The number of fused-ring (bicyclic) bond motifs is 1. The lowest BCUT2D eigenvalue weighted by Gasteiger charge is -2.27. The van der Waals surface area contributed by atoms with Crippen molar-refractivity contribution >= 4 is 27.0 Å². The van der Waals surface area contributed by atoms with Gasteiger partial charge in [0, 0.05) is 12.6 Å². The Labute approximate surface area is 145 Å². The minimum Gasteiger partial charge on any atom is -0.353 e. The summed E-state index contributed by atoms with van der Waals surface area (Å²) < 4.78 is 14.9. The average molecular weight is 382 g/mol. The topological polar surface area (TPSA) is 49.2 Å². The third-order valence-electron chi connectivity index (χ3n) is 4.46. The van der Waals surface area contributed by atoms with Crippen molar-refractivity contribution in [1.82, 2.24) is 14.5 Å². The van der Waals surface area contributed by atoms with Crippen LogP contribution in [0.1, 0.15) is 64.4 Å². The highest BCUT2D eigenvalue weighted by molar-refractivity contribution is 9.10. The Morgan fingerprint density at radius 3 is 2.96 bits per heavy atom. The number of aromatic nitrogens is 3. The van der Waals surface area contributed by atoms with E-state index >= 15 is 0 Å². The summed E-state index contributed by atoms with van der Waals surface area (Å²) in [5.74, 6) is 0.948. The van der Waals surface area contributed by atoms with Gasteiger partial charge in [-0.1, -0.05) is 6.92 Å². The maximum absolute atomic E-state index is 6.13. The second-order valence-corrected chi connectivity index (χ2v) is 6.98. The molecule has 0 spiro atoms. The molecule has 0 saturated carbocycles. The first-order valence-corrected chi connectivity index (χ1v) is 9.20. The summed E-state index contributed by atoms with van der Waals surface area (Å²) in [7, 11) is 0.